The van der Waals surface area contributed by atoms with E-state index in [-0.39, 0.29) is 18.0 Å². The van der Waals surface area contributed by atoms with Crippen LogP contribution in [0.3, 0.4) is 0 Å². The molecule has 15 heavy (non-hydrogen) atoms. The van der Waals surface area contributed by atoms with Crippen molar-refractivity contribution in [3.8, 4) is 0 Å². The Morgan fingerprint density at radius 1 is 1.40 bits per heavy atom. The van der Waals surface area contributed by atoms with E-state index in [4.69, 9.17) is 5.73 Å². The van der Waals surface area contributed by atoms with Gasteiger partial charge in [0.15, 0.2) is 0 Å². The summed E-state index contributed by atoms with van der Waals surface area (Å²) in [5.74, 6) is -1.37. The van der Waals surface area contributed by atoms with Crippen LogP contribution < -0.4 is 5.73 Å². The molecule has 1 aliphatic rings. The molecule has 82 valence electrons. The molecule has 3 N–H and O–H groups in total. The maximum Gasteiger partial charge on any atom is 0.132 e. The molecule has 0 aliphatic heterocycles. The minimum atomic E-state index is -1.34. The summed E-state index contributed by atoms with van der Waals surface area (Å²) in [6, 6.07) is 3.19. The fourth-order valence-electron chi connectivity index (χ4n) is 1.90. The first-order valence-electron chi connectivity index (χ1n) is 4.96. The van der Waals surface area contributed by atoms with Crippen LogP contribution in [0.4, 0.5) is 8.78 Å². The van der Waals surface area contributed by atoms with Crippen molar-refractivity contribution in [2.75, 3.05) is 6.54 Å². The Morgan fingerprint density at radius 2 is 2.07 bits per heavy atom. The van der Waals surface area contributed by atoms with Crippen LogP contribution in [0.5, 0.6) is 0 Å². The quantitative estimate of drug-likeness (QED) is 0.799. The van der Waals surface area contributed by atoms with Gasteiger partial charge in [-0.15, -0.1) is 0 Å². The van der Waals surface area contributed by atoms with E-state index < -0.39 is 17.2 Å². The summed E-state index contributed by atoms with van der Waals surface area (Å²) in [6.45, 7) is -0.0414. The largest absolute Gasteiger partial charge is 0.383 e. The molecule has 1 fully saturated rings. The maximum atomic E-state index is 13.5. The number of rotatable bonds is 3. The van der Waals surface area contributed by atoms with Gasteiger partial charge < -0.3 is 10.8 Å². The zero-order valence-electron chi connectivity index (χ0n) is 8.21. The Kier molecular flexibility index (Phi) is 2.48. The lowest BCUT2D eigenvalue weighted by molar-refractivity contribution is 0.0187. The average Bonchev–Trinajstić information content (AvgIpc) is 3.00. The molecule has 1 unspecified atom stereocenters. The van der Waals surface area contributed by atoms with Crippen LogP contribution in [0, 0.1) is 17.6 Å². The van der Waals surface area contributed by atoms with E-state index in [0.29, 0.717) is 0 Å². The van der Waals surface area contributed by atoms with E-state index in [1.165, 1.54) is 6.07 Å². The molecule has 0 radical (unpaired) electrons. The Balaban J connectivity index is 2.42. The highest BCUT2D eigenvalue weighted by Gasteiger charge is 2.45. The van der Waals surface area contributed by atoms with Crippen molar-refractivity contribution >= 4 is 0 Å². The monoisotopic (exact) mass is 213 g/mol. The zero-order chi connectivity index (χ0) is 11.1. The minimum absolute atomic E-state index is 0.00228. The van der Waals surface area contributed by atoms with Gasteiger partial charge in [-0.2, -0.15) is 0 Å². The second-order valence-corrected chi connectivity index (χ2v) is 4.03. The third-order valence-electron chi connectivity index (χ3n) is 2.96. The molecule has 1 atom stereocenters. The molecule has 0 aromatic heterocycles. The third-order valence-corrected chi connectivity index (χ3v) is 2.96. The van der Waals surface area contributed by atoms with Crippen molar-refractivity contribution in [1.29, 1.82) is 0 Å². The Hall–Kier alpha value is -1.00. The molecule has 0 heterocycles. The van der Waals surface area contributed by atoms with Crippen LogP contribution in [0.15, 0.2) is 18.2 Å². The van der Waals surface area contributed by atoms with Crippen LogP contribution >= 0.6 is 0 Å². The van der Waals surface area contributed by atoms with Crippen molar-refractivity contribution in [2.24, 2.45) is 11.7 Å². The van der Waals surface area contributed by atoms with Crippen LogP contribution in [-0.4, -0.2) is 11.7 Å². The topological polar surface area (TPSA) is 46.2 Å². The van der Waals surface area contributed by atoms with Gasteiger partial charge in [0.2, 0.25) is 0 Å². The Labute approximate surface area is 86.7 Å². The van der Waals surface area contributed by atoms with Gasteiger partial charge in [0.1, 0.15) is 17.2 Å². The first-order valence-corrected chi connectivity index (χ1v) is 4.96. The summed E-state index contributed by atoms with van der Waals surface area (Å²) in [7, 11) is 0. The fourth-order valence-corrected chi connectivity index (χ4v) is 1.90. The van der Waals surface area contributed by atoms with Crippen molar-refractivity contribution in [2.45, 2.75) is 18.4 Å². The molecule has 1 aromatic carbocycles. The normalized spacial score (nSPS) is 20.0. The molecular formula is C11H13F2NO. The van der Waals surface area contributed by atoms with Gasteiger partial charge in [0.25, 0.3) is 0 Å². The summed E-state index contributed by atoms with van der Waals surface area (Å²) >= 11 is 0. The minimum Gasteiger partial charge on any atom is -0.383 e. The third kappa shape index (κ3) is 1.75. The van der Waals surface area contributed by atoms with Gasteiger partial charge in [-0.25, -0.2) is 8.78 Å². The molecule has 0 saturated heterocycles. The molecule has 0 spiro atoms. The van der Waals surface area contributed by atoms with Crippen molar-refractivity contribution in [3.05, 3.63) is 35.4 Å². The van der Waals surface area contributed by atoms with Crippen LogP contribution in [-0.2, 0) is 5.60 Å². The molecule has 2 nitrogen and oxygen atoms in total. The predicted octanol–water partition coefficient (Wildman–Crippen LogP) is 1.52. The number of nitrogens with two attached hydrogens (primary N) is 1. The first-order chi connectivity index (χ1) is 7.08. The van der Waals surface area contributed by atoms with Crippen molar-refractivity contribution in [1.82, 2.24) is 0 Å². The second kappa shape index (κ2) is 3.54. The second-order valence-electron chi connectivity index (χ2n) is 4.03. The van der Waals surface area contributed by atoms with Gasteiger partial charge in [0.05, 0.1) is 0 Å². The van der Waals surface area contributed by atoms with E-state index >= 15 is 0 Å². The molecule has 4 heteroatoms. The molecule has 2 rings (SSSR count). The molecule has 1 aromatic rings. The SMILES string of the molecule is NCC(O)(c1ccc(F)cc1F)C1CC1. The van der Waals surface area contributed by atoms with Gasteiger partial charge >= 0.3 is 0 Å². The molecule has 1 aliphatic carbocycles. The summed E-state index contributed by atoms with van der Waals surface area (Å²) in [5, 5.41) is 10.2. The molecule has 0 bridgehead atoms. The summed E-state index contributed by atoms with van der Waals surface area (Å²) in [5.41, 5.74) is 4.25. The highest BCUT2D eigenvalue weighted by atomic mass is 19.1. The number of aliphatic hydroxyl groups is 1. The number of halogens is 2. The maximum absolute atomic E-state index is 13.5. The zero-order valence-corrected chi connectivity index (χ0v) is 8.21. The number of benzene rings is 1. The van der Waals surface area contributed by atoms with Gasteiger partial charge in [-0.05, 0) is 24.8 Å². The standard InChI is InChI=1S/C11H13F2NO/c12-8-3-4-9(10(13)5-8)11(15,6-14)7-1-2-7/h3-5,7,15H,1-2,6,14H2. The van der Waals surface area contributed by atoms with Crippen LogP contribution in [0.1, 0.15) is 18.4 Å². The van der Waals surface area contributed by atoms with Gasteiger partial charge in [0, 0.05) is 18.2 Å². The predicted molar refractivity (Wildman–Crippen MR) is 52.0 cm³/mol. The molecule has 1 saturated carbocycles. The van der Waals surface area contributed by atoms with Crippen LogP contribution in [0.2, 0.25) is 0 Å². The number of hydrogen-bond donors (Lipinski definition) is 2. The Bertz CT molecular complexity index is 379. The fraction of sp³-hybridized carbons (Fsp3) is 0.455. The highest BCUT2D eigenvalue weighted by molar-refractivity contribution is 5.27. The molecule has 0 amide bonds. The van der Waals surface area contributed by atoms with Gasteiger partial charge in [-0.3, -0.25) is 0 Å². The van der Waals surface area contributed by atoms with Crippen LogP contribution in [0.25, 0.3) is 0 Å². The molecular weight excluding hydrogens is 200 g/mol. The van der Waals surface area contributed by atoms with E-state index in [1.807, 2.05) is 0 Å². The van der Waals surface area contributed by atoms with Crippen molar-refractivity contribution in [3.63, 3.8) is 0 Å². The van der Waals surface area contributed by atoms with E-state index in [2.05, 4.69) is 0 Å². The summed E-state index contributed by atoms with van der Waals surface area (Å²) in [4.78, 5) is 0. The summed E-state index contributed by atoms with van der Waals surface area (Å²) < 4.78 is 26.2. The highest BCUT2D eigenvalue weighted by Crippen LogP contribution is 2.45. The summed E-state index contributed by atoms with van der Waals surface area (Å²) in [6.07, 6.45) is 1.68. The first kappa shape index (κ1) is 10.5. The van der Waals surface area contributed by atoms with E-state index in [1.54, 1.807) is 0 Å². The van der Waals surface area contributed by atoms with E-state index in [0.717, 1.165) is 25.0 Å². The van der Waals surface area contributed by atoms with Crippen molar-refractivity contribution < 1.29 is 13.9 Å². The lowest BCUT2D eigenvalue weighted by atomic mass is 9.88. The Morgan fingerprint density at radius 3 is 2.53 bits per heavy atom. The van der Waals surface area contributed by atoms with E-state index in [9.17, 15) is 13.9 Å². The smallest absolute Gasteiger partial charge is 0.132 e. The lowest BCUT2D eigenvalue weighted by Gasteiger charge is -2.27. The average molecular weight is 213 g/mol. The van der Waals surface area contributed by atoms with Gasteiger partial charge in [-0.1, -0.05) is 6.07 Å². The lowest BCUT2D eigenvalue weighted by Crippen LogP contribution is -2.38. The number of hydrogen-bond acceptors (Lipinski definition) is 2.